The number of ether oxygens (including phenoxy) is 1. The average molecular weight is 178 g/mol. The lowest BCUT2D eigenvalue weighted by Crippen LogP contribution is -2.24. The van der Waals surface area contributed by atoms with E-state index in [1.807, 2.05) is 6.92 Å². The van der Waals surface area contributed by atoms with Crippen LogP contribution < -0.4 is 0 Å². The van der Waals surface area contributed by atoms with E-state index in [0.29, 0.717) is 18.4 Å². The zero-order chi connectivity index (χ0) is 9.26. The highest BCUT2D eigenvalue weighted by Crippen LogP contribution is 2.46. The Bertz CT molecular complexity index is 276. The van der Waals surface area contributed by atoms with E-state index in [1.165, 1.54) is 5.57 Å². The van der Waals surface area contributed by atoms with Crippen molar-refractivity contribution in [1.82, 2.24) is 0 Å². The van der Waals surface area contributed by atoms with E-state index in [1.54, 1.807) is 6.08 Å². The van der Waals surface area contributed by atoms with Gasteiger partial charge in [-0.25, -0.2) is 4.79 Å². The second-order valence-electron chi connectivity index (χ2n) is 3.61. The van der Waals surface area contributed by atoms with Crippen LogP contribution in [0.15, 0.2) is 23.8 Å². The van der Waals surface area contributed by atoms with Gasteiger partial charge >= 0.3 is 5.97 Å². The molecule has 0 aromatic heterocycles. The number of esters is 1. The lowest BCUT2D eigenvalue weighted by atomic mass is 9.71. The summed E-state index contributed by atoms with van der Waals surface area (Å²) in [6.45, 7) is 2.30. The fourth-order valence-corrected chi connectivity index (χ4v) is 2.11. The summed E-state index contributed by atoms with van der Waals surface area (Å²) in [5.41, 5.74) is 1.27. The van der Waals surface area contributed by atoms with Gasteiger partial charge in [-0.1, -0.05) is 17.7 Å². The van der Waals surface area contributed by atoms with Crippen molar-refractivity contribution in [3.63, 3.8) is 0 Å². The maximum atomic E-state index is 11.1. The molecule has 2 rings (SSSR count). The summed E-state index contributed by atoms with van der Waals surface area (Å²) >= 11 is 0. The molecule has 1 fully saturated rings. The van der Waals surface area contributed by atoms with Gasteiger partial charge in [0.15, 0.2) is 0 Å². The Morgan fingerprint density at radius 1 is 1.77 bits per heavy atom. The van der Waals surface area contributed by atoms with Gasteiger partial charge in [-0.3, -0.25) is 0 Å². The molecule has 0 spiro atoms. The van der Waals surface area contributed by atoms with E-state index in [9.17, 15) is 4.79 Å². The number of carbonyl (C=O) groups is 1. The number of carbonyl (C=O) groups excluding carboxylic acids is 1. The molecule has 70 valence electrons. The molecule has 0 heterocycles. The summed E-state index contributed by atoms with van der Waals surface area (Å²) in [6.07, 6.45) is 8.31. The normalized spacial score (nSPS) is 32.8. The van der Waals surface area contributed by atoms with Crippen LogP contribution in [0.4, 0.5) is 0 Å². The topological polar surface area (TPSA) is 26.3 Å². The minimum absolute atomic E-state index is 0.178. The molecule has 0 aliphatic heterocycles. The van der Waals surface area contributed by atoms with Crippen molar-refractivity contribution in [2.75, 3.05) is 6.61 Å². The van der Waals surface area contributed by atoms with Gasteiger partial charge in [-0.15, -0.1) is 0 Å². The molecule has 0 bridgehead atoms. The zero-order valence-electron chi connectivity index (χ0n) is 7.82. The zero-order valence-corrected chi connectivity index (χ0v) is 7.82. The van der Waals surface area contributed by atoms with Crippen molar-refractivity contribution in [1.29, 1.82) is 0 Å². The fourth-order valence-electron chi connectivity index (χ4n) is 2.11. The summed E-state index contributed by atoms with van der Waals surface area (Å²) in [5.74, 6) is 1.15. The molecule has 2 aliphatic rings. The Morgan fingerprint density at radius 2 is 2.62 bits per heavy atom. The number of rotatable bonds is 2. The maximum Gasteiger partial charge on any atom is 0.330 e. The van der Waals surface area contributed by atoms with Crippen LogP contribution in [-0.4, -0.2) is 12.6 Å². The van der Waals surface area contributed by atoms with Crippen molar-refractivity contribution >= 4 is 5.97 Å². The monoisotopic (exact) mass is 178 g/mol. The van der Waals surface area contributed by atoms with E-state index < -0.39 is 0 Å². The number of fused-ring (bicyclic) bond motifs is 1. The Hall–Kier alpha value is -1.05. The number of allylic oxidation sites excluding steroid dienone is 3. The van der Waals surface area contributed by atoms with Crippen LogP contribution in [0.5, 0.6) is 0 Å². The van der Waals surface area contributed by atoms with Crippen LogP contribution in [-0.2, 0) is 9.53 Å². The molecule has 0 aromatic carbocycles. The molecule has 0 amide bonds. The summed E-state index contributed by atoms with van der Waals surface area (Å²) in [7, 11) is 0. The van der Waals surface area contributed by atoms with Gasteiger partial charge in [-0.05, 0) is 31.6 Å². The van der Waals surface area contributed by atoms with E-state index in [2.05, 4.69) is 12.2 Å². The molecular weight excluding hydrogens is 164 g/mol. The minimum Gasteiger partial charge on any atom is -0.463 e. The van der Waals surface area contributed by atoms with Gasteiger partial charge in [0.2, 0.25) is 0 Å². The molecule has 0 N–H and O–H groups in total. The lowest BCUT2D eigenvalue weighted by Gasteiger charge is -2.33. The highest BCUT2D eigenvalue weighted by Gasteiger charge is 2.36. The maximum absolute atomic E-state index is 11.1. The van der Waals surface area contributed by atoms with Crippen molar-refractivity contribution in [3.8, 4) is 0 Å². The Morgan fingerprint density at radius 3 is 3.31 bits per heavy atom. The summed E-state index contributed by atoms with van der Waals surface area (Å²) in [6, 6.07) is 0. The molecule has 1 saturated carbocycles. The third kappa shape index (κ3) is 1.53. The molecule has 0 unspecified atom stereocenters. The third-order valence-electron chi connectivity index (χ3n) is 2.83. The van der Waals surface area contributed by atoms with Crippen molar-refractivity contribution < 1.29 is 9.53 Å². The van der Waals surface area contributed by atoms with Crippen LogP contribution in [0.25, 0.3) is 0 Å². The van der Waals surface area contributed by atoms with Crippen LogP contribution >= 0.6 is 0 Å². The molecule has 2 nitrogen and oxygen atoms in total. The molecule has 2 atom stereocenters. The van der Waals surface area contributed by atoms with Crippen molar-refractivity contribution in [3.05, 3.63) is 23.8 Å². The predicted molar refractivity (Wildman–Crippen MR) is 50.1 cm³/mol. The third-order valence-corrected chi connectivity index (χ3v) is 2.83. The van der Waals surface area contributed by atoms with E-state index in [4.69, 9.17) is 4.74 Å². The second-order valence-corrected chi connectivity index (χ2v) is 3.61. The van der Waals surface area contributed by atoms with E-state index in [0.717, 1.165) is 12.8 Å². The molecule has 0 radical (unpaired) electrons. The van der Waals surface area contributed by atoms with Crippen molar-refractivity contribution in [2.45, 2.75) is 19.8 Å². The van der Waals surface area contributed by atoms with Gasteiger partial charge in [0, 0.05) is 6.08 Å². The van der Waals surface area contributed by atoms with Crippen LogP contribution in [0, 0.1) is 11.8 Å². The standard InChI is InChI=1S/C11H14O2/c1-2-13-11(12)7-9-6-8-4-3-5-10(8)9/h3-4,7-8,10H,2,5-6H2,1H3/b9-7+/t8-,10-/m1/s1. The molecule has 13 heavy (non-hydrogen) atoms. The number of hydrogen-bond donors (Lipinski definition) is 0. The highest BCUT2D eigenvalue weighted by atomic mass is 16.5. The van der Waals surface area contributed by atoms with Crippen LogP contribution in [0.3, 0.4) is 0 Å². The van der Waals surface area contributed by atoms with Crippen LogP contribution in [0.1, 0.15) is 19.8 Å². The van der Waals surface area contributed by atoms with Crippen molar-refractivity contribution in [2.24, 2.45) is 11.8 Å². The fraction of sp³-hybridized carbons (Fsp3) is 0.545. The second kappa shape index (κ2) is 3.36. The van der Waals surface area contributed by atoms with Gasteiger partial charge in [0.1, 0.15) is 0 Å². The predicted octanol–water partition coefficient (Wildman–Crippen LogP) is 2.07. The first kappa shape index (κ1) is 8.54. The minimum atomic E-state index is -0.178. The average Bonchev–Trinajstić information content (AvgIpc) is 2.43. The summed E-state index contributed by atoms with van der Waals surface area (Å²) < 4.78 is 4.86. The van der Waals surface area contributed by atoms with E-state index in [-0.39, 0.29) is 5.97 Å². The Labute approximate surface area is 78.3 Å². The molecular formula is C11H14O2. The van der Waals surface area contributed by atoms with E-state index >= 15 is 0 Å². The first-order chi connectivity index (χ1) is 6.31. The first-order valence-electron chi connectivity index (χ1n) is 4.85. The SMILES string of the molecule is CCOC(=O)/C=C1\C[C@H]2C=CC[C@@H]12. The molecule has 0 aromatic rings. The Balaban J connectivity index is 1.93. The molecule has 2 heteroatoms. The number of hydrogen-bond acceptors (Lipinski definition) is 2. The first-order valence-corrected chi connectivity index (χ1v) is 4.85. The lowest BCUT2D eigenvalue weighted by molar-refractivity contribution is -0.137. The molecule has 0 saturated heterocycles. The van der Waals surface area contributed by atoms with Crippen LogP contribution in [0.2, 0.25) is 0 Å². The molecule has 2 aliphatic carbocycles. The summed E-state index contributed by atoms with van der Waals surface area (Å²) in [5, 5.41) is 0. The largest absolute Gasteiger partial charge is 0.463 e. The van der Waals surface area contributed by atoms with Gasteiger partial charge < -0.3 is 4.74 Å². The summed E-state index contributed by atoms with van der Waals surface area (Å²) in [4.78, 5) is 11.1. The van der Waals surface area contributed by atoms with Gasteiger partial charge in [0.25, 0.3) is 0 Å². The quantitative estimate of drug-likeness (QED) is 0.367. The smallest absolute Gasteiger partial charge is 0.330 e. The Kier molecular flexibility index (Phi) is 2.21. The van der Waals surface area contributed by atoms with Gasteiger partial charge in [0.05, 0.1) is 6.61 Å². The van der Waals surface area contributed by atoms with Gasteiger partial charge in [-0.2, -0.15) is 0 Å². The highest BCUT2D eigenvalue weighted by molar-refractivity contribution is 5.83.